The Morgan fingerprint density at radius 3 is 2.49 bits per heavy atom. The number of benzene rings is 2. The normalized spacial score (nSPS) is 35.6. The monoisotopic (exact) mass is 980 g/mol. The number of carbonyl (C=O) groups excluding carboxylic acids is 2. The number of fused-ring (bicyclic) bond motifs is 5. The van der Waals surface area contributed by atoms with E-state index in [0.29, 0.717) is 58.9 Å². The maximum Gasteiger partial charge on any atom is 0.246 e. The van der Waals surface area contributed by atoms with Gasteiger partial charge >= 0.3 is 0 Å². The lowest BCUT2D eigenvalue weighted by molar-refractivity contribution is -0.373. The number of ketones is 1. The minimum absolute atomic E-state index is 0.0485. The molecule has 11 rings (SSSR count). The molecule has 0 radical (unpaired) electrons. The molecule has 7 unspecified atom stereocenters. The van der Waals surface area contributed by atoms with Crippen molar-refractivity contribution in [1.82, 2.24) is 5.32 Å². The van der Waals surface area contributed by atoms with Gasteiger partial charge in [-0.15, -0.1) is 11.8 Å². The lowest BCUT2D eigenvalue weighted by Gasteiger charge is -2.63. The number of nitrogens with one attached hydrogen (secondary N) is 1. The molecule has 4 bridgehead atoms. The number of nitrogens with zero attached hydrogens (tertiary/aromatic N) is 1. The van der Waals surface area contributed by atoms with Crippen molar-refractivity contribution in [3.8, 4) is 17.2 Å². The van der Waals surface area contributed by atoms with Crippen LogP contribution in [-0.2, 0) is 35.0 Å². The lowest BCUT2D eigenvalue weighted by atomic mass is 9.46. The Morgan fingerprint density at radius 2 is 1.74 bits per heavy atom. The van der Waals surface area contributed by atoms with Gasteiger partial charge in [-0.2, -0.15) is 0 Å². The van der Waals surface area contributed by atoms with Gasteiger partial charge in [-0.05, 0) is 119 Å². The van der Waals surface area contributed by atoms with Crippen LogP contribution < -0.4 is 19.5 Å². The smallest absolute Gasteiger partial charge is 0.246 e. The summed E-state index contributed by atoms with van der Waals surface area (Å²) in [6.45, 7) is 19.6. The second kappa shape index (κ2) is 17.7. The second-order valence-electron chi connectivity index (χ2n) is 22.0. The Morgan fingerprint density at radius 1 is 0.986 bits per heavy atom. The topological polar surface area (TPSA) is 184 Å². The van der Waals surface area contributed by atoms with Gasteiger partial charge in [0.2, 0.25) is 12.2 Å². The summed E-state index contributed by atoms with van der Waals surface area (Å²) in [5.74, 6) is -1.56. The molecule has 70 heavy (non-hydrogen) atoms. The van der Waals surface area contributed by atoms with Gasteiger partial charge in [0.15, 0.2) is 22.8 Å². The highest BCUT2D eigenvalue weighted by Gasteiger charge is 2.85. The second-order valence-corrected chi connectivity index (χ2v) is 23.2. The summed E-state index contributed by atoms with van der Waals surface area (Å²) in [5.41, 5.74) is 1.35. The Kier molecular flexibility index (Phi) is 12.5. The third-order valence-electron chi connectivity index (χ3n) is 15.7. The number of carbonyl (C=O) groups is 2. The van der Waals surface area contributed by atoms with Crippen LogP contribution in [0.5, 0.6) is 17.2 Å². The molecule has 3 saturated carbocycles. The molecule has 3 saturated heterocycles. The third-order valence-corrected chi connectivity index (χ3v) is 17.2. The fourth-order valence-corrected chi connectivity index (χ4v) is 14.0. The molecular weight excluding hydrogens is 913 g/mol. The number of aliphatic imine (C=N–C) groups is 1. The fraction of sp³-hybridized carbons (Fsp3) is 0.582. The van der Waals surface area contributed by atoms with Gasteiger partial charge in [0, 0.05) is 46.1 Å². The first kappa shape index (κ1) is 49.3. The molecule has 12 atom stereocenters. The zero-order chi connectivity index (χ0) is 49.9. The van der Waals surface area contributed by atoms with Crippen molar-refractivity contribution in [2.75, 3.05) is 19.8 Å². The standard InChI is InChI=1S/C55H68N2O12S/c1-28(2)14-13-21-53(10)22-20-32-43(67-53)31(18-17-29(3)4)45-38(44(32)65-50-42(60)41(59)46-35(64-50)27-63-52(8,9)66-46)40-39-47(70-36-16-12-11-15-34(36)57-40)33-26-37-51(6,7)69-54(48(33)61,55(37,39)68-45)23-19-30(5)49(62)56-24-25-58/h11-12,14-17,19-20,22,33,35,37,39,41-42,46-47,50,58-60H,13,18,21,23-27H2,1-10H3,(H,56,62)/t33?,35-,37?,39?,41-,42-,46-,47?,50+,53?,54?,55?/m1/s1. The Balaban J connectivity index is 1.24. The van der Waals surface area contributed by atoms with Gasteiger partial charge in [-0.25, -0.2) is 0 Å². The largest absolute Gasteiger partial charge is 0.482 e. The first-order chi connectivity index (χ1) is 33.1. The van der Waals surface area contributed by atoms with E-state index >= 15 is 4.79 Å². The van der Waals surface area contributed by atoms with Crippen LogP contribution in [0.25, 0.3) is 6.08 Å². The number of ether oxygens (including phenoxy) is 7. The van der Waals surface area contributed by atoms with Crippen molar-refractivity contribution in [3.63, 3.8) is 0 Å². The van der Waals surface area contributed by atoms with Crippen LogP contribution in [-0.4, -0.2) is 117 Å². The van der Waals surface area contributed by atoms with E-state index < -0.39 is 70.7 Å². The van der Waals surface area contributed by atoms with E-state index in [-0.39, 0.29) is 49.0 Å². The third kappa shape index (κ3) is 7.84. The van der Waals surface area contributed by atoms with Crippen LogP contribution in [0.4, 0.5) is 5.69 Å². The summed E-state index contributed by atoms with van der Waals surface area (Å²) in [4.78, 5) is 35.8. The van der Waals surface area contributed by atoms with E-state index in [0.717, 1.165) is 28.1 Å². The van der Waals surface area contributed by atoms with Crippen LogP contribution in [0, 0.1) is 17.8 Å². The van der Waals surface area contributed by atoms with Gasteiger partial charge in [-0.3, -0.25) is 14.6 Å². The predicted molar refractivity (Wildman–Crippen MR) is 265 cm³/mol. The summed E-state index contributed by atoms with van der Waals surface area (Å²) in [6, 6.07) is 7.97. The van der Waals surface area contributed by atoms with E-state index in [1.165, 1.54) is 5.57 Å². The Hall–Kier alpha value is -4.32. The number of thioether (sulfide) groups is 1. The van der Waals surface area contributed by atoms with Crippen LogP contribution in [0.1, 0.15) is 112 Å². The maximum atomic E-state index is 15.8. The average Bonchev–Trinajstić information content (AvgIpc) is 3.38. The molecule has 6 heterocycles. The zero-order valence-electron chi connectivity index (χ0n) is 41.9. The van der Waals surface area contributed by atoms with Crippen molar-refractivity contribution in [2.24, 2.45) is 22.7 Å². The Labute approximate surface area is 414 Å². The number of allylic oxidation sites excluding steroid dienone is 4. The molecule has 9 aliphatic rings. The number of aliphatic hydroxyl groups excluding tert-OH is 3. The zero-order valence-corrected chi connectivity index (χ0v) is 42.7. The first-order valence-electron chi connectivity index (χ1n) is 24.9. The molecule has 376 valence electrons. The Bertz CT molecular complexity index is 2640. The lowest BCUT2D eigenvalue weighted by Crippen LogP contribution is -2.79. The molecule has 2 aromatic carbocycles. The molecule has 4 N–H and O–H groups in total. The minimum Gasteiger partial charge on any atom is -0.482 e. The van der Waals surface area contributed by atoms with Crippen LogP contribution in [0.3, 0.4) is 0 Å². The minimum atomic E-state index is -1.57. The molecule has 1 amide bonds. The molecule has 15 heteroatoms. The summed E-state index contributed by atoms with van der Waals surface area (Å²) >= 11 is 1.64. The van der Waals surface area contributed by atoms with Crippen LogP contribution in [0.2, 0.25) is 0 Å². The van der Waals surface area contributed by atoms with E-state index in [4.69, 9.17) is 38.2 Å². The molecule has 14 nitrogen and oxygen atoms in total. The molecule has 2 aromatic rings. The summed E-state index contributed by atoms with van der Waals surface area (Å²) in [7, 11) is 0. The number of hydrogen-bond acceptors (Lipinski definition) is 14. The van der Waals surface area contributed by atoms with E-state index in [1.54, 1.807) is 38.6 Å². The molecule has 3 aliphatic carbocycles. The van der Waals surface area contributed by atoms with Crippen molar-refractivity contribution in [2.45, 2.75) is 170 Å². The van der Waals surface area contributed by atoms with Crippen molar-refractivity contribution >= 4 is 40.9 Å². The summed E-state index contributed by atoms with van der Waals surface area (Å²) in [6.07, 6.45) is 6.55. The molecule has 6 aliphatic heterocycles. The number of hydrogen-bond donors (Lipinski definition) is 4. The van der Waals surface area contributed by atoms with E-state index in [2.05, 4.69) is 44.3 Å². The molecule has 1 spiro atoms. The maximum absolute atomic E-state index is 15.8. The predicted octanol–water partition coefficient (Wildman–Crippen LogP) is 7.64. The van der Waals surface area contributed by atoms with Gasteiger partial charge in [-0.1, -0.05) is 41.5 Å². The highest BCUT2D eigenvalue weighted by molar-refractivity contribution is 8.00. The van der Waals surface area contributed by atoms with Crippen LogP contribution >= 0.6 is 11.8 Å². The van der Waals surface area contributed by atoms with Gasteiger partial charge in [0.1, 0.15) is 47.3 Å². The summed E-state index contributed by atoms with van der Waals surface area (Å²) < 4.78 is 48.4. The summed E-state index contributed by atoms with van der Waals surface area (Å²) in [5, 5.41) is 35.7. The molecular formula is C55H68N2O12S. The first-order valence-corrected chi connectivity index (χ1v) is 25.7. The van der Waals surface area contributed by atoms with Crippen LogP contribution in [0.15, 0.2) is 75.2 Å². The highest BCUT2D eigenvalue weighted by atomic mass is 32.2. The quantitative estimate of drug-likeness (QED) is 0.120. The van der Waals surface area contributed by atoms with Gasteiger partial charge in [0.25, 0.3) is 0 Å². The number of aliphatic hydroxyl groups is 3. The molecule has 0 aromatic heterocycles. The number of amides is 1. The molecule has 6 fully saturated rings. The van der Waals surface area contributed by atoms with E-state index in [9.17, 15) is 20.1 Å². The average molecular weight is 981 g/mol. The van der Waals surface area contributed by atoms with Gasteiger partial charge < -0.3 is 53.8 Å². The van der Waals surface area contributed by atoms with E-state index in [1.807, 2.05) is 58.0 Å². The van der Waals surface area contributed by atoms with Crippen molar-refractivity contribution in [1.29, 1.82) is 0 Å². The highest BCUT2D eigenvalue weighted by Crippen LogP contribution is 2.73. The van der Waals surface area contributed by atoms with Gasteiger partial charge in [0.05, 0.1) is 47.3 Å². The number of rotatable bonds is 12. The van der Waals surface area contributed by atoms with Crippen molar-refractivity contribution < 1.29 is 58.1 Å². The SMILES string of the molecule is CC(C)=CCCC1(C)C=Cc2c(c(CC=C(C)C)c3c(c2O[C@@H]2O[C@@H]4COC(C)(C)O[C@H]4[C@H](O)[C@H]2O)C2=Nc4ccccc4SC4C5CC6C(C)(C)OC(CC=C(C)C(=O)NCCO)(C5=O)C6(O3)C24)O1. The number of Topliss-reactive ketones (excluding diaryl/α,β-unsaturated/α-hetero) is 1. The van der Waals surface area contributed by atoms with Crippen molar-refractivity contribution in [3.05, 3.63) is 82.0 Å². The number of para-hydroxylation sites is 1. The fourth-order valence-electron chi connectivity index (χ4n) is 12.4.